The summed E-state index contributed by atoms with van der Waals surface area (Å²) >= 11 is 0. The van der Waals surface area contributed by atoms with Crippen molar-refractivity contribution in [3.8, 4) is 0 Å². The van der Waals surface area contributed by atoms with Gasteiger partial charge in [0.05, 0.1) is 0 Å². The van der Waals surface area contributed by atoms with Gasteiger partial charge in [0.2, 0.25) is 0 Å². The Morgan fingerprint density at radius 3 is 1.20 bits per heavy atom. The van der Waals surface area contributed by atoms with E-state index in [1.807, 2.05) is 0 Å². The van der Waals surface area contributed by atoms with Gasteiger partial charge in [0.1, 0.15) is 0 Å². The predicted octanol–water partition coefficient (Wildman–Crippen LogP) is 10.2. The van der Waals surface area contributed by atoms with Crippen molar-refractivity contribution in [3.05, 3.63) is 0 Å². The third kappa shape index (κ3) is 24.2. The van der Waals surface area contributed by atoms with Gasteiger partial charge < -0.3 is 4.90 Å². The summed E-state index contributed by atoms with van der Waals surface area (Å²) in [5, 5.41) is 0. The van der Waals surface area contributed by atoms with Crippen LogP contribution in [0.5, 0.6) is 0 Å². The first-order chi connectivity index (χ1) is 14.7. The Hall–Kier alpha value is -0.0400. The molecule has 0 aliphatic rings. The molecule has 0 N–H and O–H groups in total. The maximum absolute atomic E-state index is 2.57. The lowest BCUT2D eigenvalue weighted by Crippen LogP contribution is -2.20. The molecule has 1 unspecified atom stereocenters. The number of hydrogen-bond acceptors (Lipinski definition) is 1. The molecule has 182 valence electrons. The first kappa shape index (κ1) is 30.0. The van der Waals surface area contributed by atoms with Crippen molar-refractivity contribution in [2.75, 3.05) is 20.1 Å². The van der Waals surface area contributed by atoms with Crippen LogP contribution in [-0.4, -0.2) is 25.0 Å². The number of hydrogen-bond donors (Lipinski definition) is 0. The van der Waals surface area contributed by atoms with Crippen molar-refractivity contribution in [1.29, 1.82) is 0 Å². The molecule has 0 saturated carbocycles. The topological polar surface area (TPSA) is 3.24 Å². The molecule has 0 aromatic heterocycles. The number of unbranched alkanes of at least 4 members (excludes halogenated alkanes) is 17. The van der Waals surface area contributed by atoms with E-state index in [4.69, 9.17) is 0 Å². The number of nitrogens with zero attached hydrogens (tertiary/aromatic N) is 1. The zero-order valence-electron chi connectivity index (χ0n) is 22.0. The SMILES string of the molecule is CCCCCCCCCCCCCCCCN(C)CCCCCCCC(C)CCC. The van der Waals surface area contributed by atoms with Crippen molar-refractivity contribution in [2.45, 2.75) is 162 Å². The van der Waals surface area contributed by atoms with Gasteiger partial charge >= 0.3 is 0 Å². The Kier molecular flexibility index (Phi) is 25.2. The van der Waals surface area contributed by atoms with E-state index in [2.05, 4.69) is 32.7 Å². The second-order valence-electron chi connectivity index (χ2n) is 10.3. The van der Waals surface area contributed by atoms with Crippen LogP contribution in [0.25, 0.3) is 0 Å². The zero-order chi connectivity index (χ0) is 22.1. The fourth-order valence-electron chi connectivity index (χ4n) is 4.73. The average molecular weight is 424 g/mol. The van der Waals surface area contributed by atoms with Crippen molar-refractivity contribution in [3.63, 3.8) is 0 Å². The summed E-state index contributed by atoms with van der Waals surface area (Å²) in [4.78, 5) is 2.57. The summed E-state index contributed by atoms with van der Waals surface area (Å²) in [6.45, 7) is 9.66. The molecule has 0 amide bonds. The third-order valence-corrected chi connectivity index (χ3v) is 6.91. The molecular weight excluding hydrogens is 362 g/mol. The minimum atomic E-state index is 0.950. The summed E-state index contributed by atoms with van der Waals surface area (Å²) in [6, 6.07) is 0. The van der Waals surface area contributed by atoms with Crippen LogP contribution in [0.2, 0.25) is 0 Å². The van der Waals surface area contributed by atoms with Crippen molar-refractivity contribution < 1.29 is 0 Å². The van der Waals surface area contributed by atoms with Crippen LogP contribution in [0.4, 0.5) is 0 Å². The van der Waals surface area contributed by atoms with Crippen LogP contribution in [0.1, 0.15) is 162 Å². The molecule has 0 aliphatic heterocycles. The average Bonchev–Trinajstić information content (AvgIpc) is 2.73. The summed E-state index contributed by atoms with van der Waals surface area (Å²) in [5.74, 6) is 0.950. The van der Waals surface area contributed by atoms with E-state index in [-0.39, 0.29) is 0 Å². The van der Waals surface area contributed by atoms with Gasteiger partial charge in [-0.1, -0.05) is 149 Å². The molecule has 1 nitrogen and oxygen atoms in total. The first-order valence-corrected chi connectivity index (χ1v) is 14.4. The molecular formula is C29H61N. The molecule has 30 heavy (non-hydrogen) atoms. The van der Waals surface area contributed by atoms with E-state index in [0.29, 0.717) is 0 Å². The van der Waals surface area contributed by atoms with E-state index in [1.54, 1.807) is 0 Å². The minimum absolute atomic E-state index is 0.950. The highest BCUT2D eigenvalue weighted by atomic mass is 15.1. The van der Waals surface area contributed by atoms with Crippen molar-refractivity contribution >= 4 is 0 Å². The highest BCUT2D eigenvalue weighted by Crippen LogP contribution is 2.16. The van der Waals surface area contributed by atoms with Gasteiger partial charge in [0, 0.05) is 0 Å². The van der Waals surface area contributed by atoms with Crippen LogP contribution in [0, 0.1) is 5.92 Å². The van der Waals surface area contributed by atoms with E-state index in [1.165, 1.54) is 154 Å². The molecule has 0 aromatic carbocycles. The lowest BCUT2D eigenvalue weighted by atomic mass is 9.98. The van der Waals surface area contributed by atoms with Gasteiger partial charge in [-0.15, -0.1) is 0 Å². The van der Waals surface area contributed by atoms with Gasteiger partial charge in [-0.2, -0.15) is 0 Å². The van der Waals surface area contributed by atoms with Crippen LogP contribution in [0.3, 0.4) is 0 Å². The molecule has 1 heteroatoms. The molecule has 0 rings (SSSR count). The number of rotatable bonds is 25. The molecule has 0 spiro atoms. The molecule has 1 atom stereocenters. The fourth-order valence-corrected chi connectivity index (χ4v) is 4.73. The van der Waals surface area contributed by atoms with Gasteiger partial charge in [0.15, 0.2) is 0 Å². The molecule has 0 aliphatic carbocycles. The first-order valence-electron chi connectivity index (χ1n) is 14.4. The Morgan fingerprint density at radius 1 is 0.433 bits per heavy atom. The highest BCUT2D eigenvalue weighted by Gasteiger charge is 2.01. The summed E-state index contributed by atoms with van der Waals surface area (Å²) < 4.78 is 0. The standard InChI is InChI=1S/C29H61N/c1-5-7-8-9-10-11-12-13-14-15-16-17-20-23-27-30(4)28-24-21-18-19-22-26-29(3)25-6-2/h29H,5-28H2,1-4H3. The molecule has 0 heterocycles. The van der Waals surface area contributed by atoms with E-state index in [9.17, 15) is 0 Å². The maximum Gasteiger partial charge on any atom is -0.00218 e. The fraction of sp³-hybridized carbons (Fsp3) is 1.00. The van der Waals surface area contributed by atoms with Crippen LogP contribution >= 0.6 is 0 Å². The van der Waals surface area contributed by atoms with Gasteiger partial charge in [0.25, 0.3) is 0 Å². The largest absolute Gasteiger partial charge is 0.306 e. The van der Waals surface area contributed by atoms with E-state index >= 15 is 0 Å². The second kappa shape index (κ2) is 25.2. The molecule has 0 bridgehead atoms. The lowest BCUT2D eigenvalue weighted by Gasteiger charge is -2.16. The zero-order valence-corrected chi connectivity index (χ0v) is 22.0. The Morgan fingerprint density at radius 2 is 0.800 bits per heavy atom. The Bertz CT molecular complexity index is 301. The summed E-state index contributed by atoms with van der Waals surface area (Å²) in [5.41, 5.74) is 0. The van der Waals surface area contributed by atoms with Crippen LogP contribution < -0.4 is 0 Å². The monoisotopic (exact) mass is 423 g/mol. The van der Waals surface area contributed by atoms with E-state index < -0.39 is 0 Å². The molecule has 0 saturated heterocycles. The molecule has 0 radical (unpaired) electrons. The molecule has 0 aromatic rings. The highest BCUT2D eigenvalue weighted by molar-refractivity contribution is 4.56. The maximum atomic E-state index is 2.57. The summed E-state index contributed by atoms with van der Waals surface area (Å²) in [7, 11) is 2.33. The van der Waals surface area contributed by atoms with Gasteiger partial charge in [-0.3, -0.25) is 0 Å². The Labute approximate surface area is 193 Å². The predicted molar refractivity (Wildman–Crippen MR) is 140 cm³/mol. The lowest BCUT2D eigenvalue weighted by molar-refractivity contribution is 0.313. The van der Waals surface area contributed by atoms with Crippen molar-refractivity contribution in [2.24, 2.45) is 5.92 Å². The van der Waals surface area contributed by atoms with Crippen molar-refractivity contribution in [1.82, 2.24) is 4.90 Å². The molecule has 0 fully saturated rings. The van der Waals surface area contributed by atoms with Gasteiger partial charge in [-0.05, 0) is 38.9 Å². The third-order valence-electron chi connectivity index (χ3n) is 6.91. The van der Waals surface area contributed by atoms with Gasteiger partial charge in [-0.25, -0.2) is 0 Å². The minimum Gasteiger partial charge on any atom is -0.306 e. The Balaban J connectivity index is 3.17. The quantitative estimate of drug-likeness (QED) is 0.132. The van der Waals surface area contributed by atoms with Crippen LogP contribution in [-0.2, 0) is 0 Å². The van der Waals surface area contributed by atoms with E-state index in [0.717, 1.165) is 5.92 Å². The normalized spacial score (nSPS) is 12.7. The summed E-state index contributed by atoms with van der Waals surface area (Å²) in [6.07, 6.45) is 31.8. The van der Waals surface area contributed by atoms with Crippen LogP contribution in [0.15, 0.2) is 0 Å². The second-order valence-corrected chi connectivity index (χ2v) is 10.3. The smallest absolute Gasteiger partial charge is 0.00218 e.